The first kappa shape index (κ1) is 33.6. The van der Waals surface area contributed by atoms with E-state index in [4.69, 9.17) is 23.7 Å². The number of nitrogens with one attached hydrogen (secondary N) is 1. The van der Waals surface area contributed by atoms with E-state index in [9.17, 15) is 9.59 Å². The predicted octanol–water partition coefficient (Wildman–Crippen LogP) is 6.17. The Bertz CT molecular complexity index is 1850. The third-order valence-electron chi connectivity index (χ3n) is 7.82. The lowest BCUT2D eigenvalue weighted by Crippen LogP contribution is -2.30. The Morgan fingerprint density at radius 1 is 0.851 bits per heavy atom. The number of ether oxygens (including phenoxy) is 3. The molecular weight excluding hydrogens is 596 g/mol. The second kappa shape index (κ2) is 16.2. The average molecular weight is 639 g/mol. The van der Waals surface area contributed by atoms with Gasteiger partial charge in [0, 0.05) is 37.2 Å². The molecule has 0 aliphatic heterocycles. The molecule has 0 atom stereocenters. The summed E-state index contributed by atoms with van der Waals surface area (Å²) in [6.07, 6.45) is 2.42. The molecule has 0 aliphatic carbocycles. The molecule has 2 heterocycles. The lowest BCUT2D eigenvalue weighted by Gasteiger charge is -2.20. The summed E-state index contributed by atoms with van der Waals surface area (Å²) in [4.78, 5) is 33.5. The van der Waals surface area contributed by atoms with Gasteiger partial charge < -0.3 is 14.2 Å². The molecule has 0 unspecified atom stereocenters. The van der Waals surface area contributed by atoms with Crippen LogP contribution in [0.2, 0.25) is 0 Å². The fourth-order valence-corrected chi connectivity index (χ4v) is 5.55. The zero-order valence-corrected chi connectivity index (χ0v) is 27.5. The van der Waals surface area contributed by atoms with E-state index < -0.39 is 5.76 Å². The molecule has 0 amide bonds. The van der Waals surface area contributed by atoms with E-state index in [1.165, 1.54) is 0 Å². The van der Waals surface area contributed by atoms with Crippen LogP contribution in [0.1, 0.15) is 56.8 Å². The Hall–Kier alpha value is -4.80. The van der Waals surface area contributed by atoms with Crippen LogP contribution in [0.3, 0.4) is 0 Å². The molecule has 1 N–H and O–H groups in total. The summed E-state index contributed by atoms with van der Waals surface area (Å²) < 4.78 is 23.7. The predicted molar refractivity (Wildman–Crippen MR) is 181 cm³/mol. The fourth-order valence-electron chi connectivity index (χ4n) is 5.55. The number of benzene rings is 3. The van der Waals surface area contributed by atoms with Crippen LogP contribution in [0.15, 0.2) is 86.9 Å². The van der Waals surface area contributed by atoms with Crippen molar-refractivity contribution in [1.29, 1.82) is 0 Å². The second-order valence-electron chi connectivity index (χ2n) is 11.1. The van der Waals surface area contributed by atoms with Crippen molar-refractivity contribution in [3.8, 4) is 34.0 Å². The smallest absolute Gasteiger partial charge is 0.439 e. The van der Waals surface area contributed by atoms with Crippen molar-refractivity contribution in [2.24, 2.45) is 0 Å². The van der Waals surface area contributed by atoms with Gasteiger partial charge in [-0.1, -0.05) is 74.0 Å². The van der Waals surface area contributed by atoms with Gasteiger partial charge in [-0.05, 0) is 61.2 Å². The number of aryl methyl sites for hydroxylation is 2. The van der Waals surface area contributed by atoms with Gasteiger partial charge >= 0.3 is 5.76 Å². The van der Waals surface area contributed by atoms with E-state index >= 15 is 0 Å². The van der Waals surface area contributed by atoms with E-state index in [1.54, 1.807) is 4.57 Å². The van der Waals surface area contributed by atoms with Crippen LogP contribution in [-0.4, -0.2) is 52.2 Å². The zero-order chi connectivity index (χ0) is 33.2. The van der Waals surface area contributed by atoms with Gasteiger partial charge in [0.1, 0.15) is 17.7 Å². The summed E-state index contributed by atoms with van der Waals surface area (Å²) in [5, 5.41) is 3.86. The molecule has 10 heteroatoms. The van der Waals surface area contributed by atoms with Gasteiger partial charge in [-0.2, -0.15) is 0 Å². The average Bonchev–Trinajstić information content (AvgIpc) is 3.54. The van der Waals surface area contributed by atoms with Crippen molar-refractivity contribution in [2.75, 3.05) is 26.4 Å². The lowest BCUT2D eigenvalue weighted by atomic mass is 9.96. The molecule has 246 valence electrons. The topological polar surface area (TPSA) is 121 Å². The highest BCUT2D eigenvalue weighted by Crippen LogP contribution is 2.30. The monoisotopic (exact) mass is 638 g/mol. The first-order valence-corrected chi connectivity index (χ1v) is 16.3. The molecule has 3 aromatic carbocycles. The van der Waals surface area contributed by atoms with E-state index in [-0.39, 0.29) is 11.7 Å². The maximum absolute atomic E-state index is 14.3. The van der Waals surface area contributed by atoms with Crippen molar-refractivity contribution in [3.05, 3.63) is 116 Å². The van der Waals surface area contributed by atoms with Gasteiger partial charge in [-0.15, -0.1) is 0 Å². The van der Waals surface area contributed by atoms with E-state index in [1.807, 2.05) is 93.6 Å². The third kappa shape index (κ3) is 8.14. The summed E-state index contributed by atoms with van der Waals surface area (Å²) in [6, 6.07) is 23.3. The SMILES string of the molecule is CCCc1nc(CC)n(-c2ccc(OC(COCC)COCC)cc2)c(=O)c1Cc1ccc(-c2ccccc2-c2noc(=O)[nH]2)cc1. The molecule has 0 bridgehead atoms. The summed E-state index contributed by atoms with van der Waals surface area (Å²) >= 11 is 0. The van der Waals surface area contributed by atoms with Gasteiger partial charge in [0.15, 0.2) is 5.82 Å². The maximum atomic E-state index is 14.3. The Balaban J connectivity index is 1.44. The van der Waals surface area contributed by atoms with Gasteiger partial charge in [0.05, 0.1) is 24.6 Å². The molecule has 2 aromatic heterocycles. The Kier molecular flexibility index (Phi) is 11.5. The van der Waals surface area contributed by atoms with Crippen molar-refractivity contribution in [3.63, 3.8) is 0 Å². The third-order valence-corrected chi connectivity index (χ3v) is 7.82. The van der Waals surface area contributed by atoms with Crippen molar-refractivity contribution < 1.29 is 18.7 Å². The number of rotatable bonds is 16. The van der Waals surface area contributed by atoms with Gasteiger partial charge in [0.2, 0.25) is 0 Å². The van der Waals surface area contributed by atoms with Crippen LogP contribution in [0, 0.1) is 0 Å². The first-order valence-electron chi connectivity index (χ1n) is 16.3. The summed E-state index contributed by atoms with van der Waals surface area (Å²) in [7, 11) is 0. The molecule has 47 heavy (non-hydrogen) atoms. The number of aromatic nitrogens is 4. The summed E-state index contributed by atoms with van der Waals surface area (Å²) in [5.74, 6) is 1.17. The maximum Gasteiger partial charge on any atom is 0.439 e. The van der Waals surface area contributed by atoms with Gasteiger partial charge in [-0.3, -0.25) is 18.9 Å². The van der Waals surface area contributed by atoms with E-state index in [0.717, 1.165) is 45.9 Å². The van der Waals surface area contributed by atoms with Crippen LogP contribution < -0.4 is 16.1 Å². The largest absolute Gasteiger partial charge is 0.486 e. The van der Waals surface area contributed by atoms with Crippen molar-refractivity contribution in [1.82, 2.24) is 19.7 Å². The minimum Gasteiger partial charge on any atom is -0.486 e. The van der Waals surface area contributed by atoms with Gasteiger partial charge in [-0.25, -0.2) is 9.78 Å². The highest BCUT2D eigenvalue weighted by Gasteiger charge is 2.19. The molecule has 5 aromatic rings. The van der Waals surface area contributed by atoms with Crippen LogP contribution in [-0.2, 0) is 28.7 Å². The number of hydrogen-bond acceptors (Lipinski definition) is 8. The standard InChI is InChI=1S/C37H42N4O6/c1-5-11-33-32(22-25-14-16-26(17-15-25)30-12-9-10-13-31(30)35-39-37(43)47-40-35)36(42)41(34(6-2)38-33)27-18-20-28(21-19-27)46-29(23-44-7-3)24-45-8-4/h9-10,12-21,29H,5-8,11,22-24H2,1-4H3,(H,39,40,43). The molecule has 0 aliphatic rings. The molecule has 5 rings (SSSR count). The first-order chi connectivity index (χ1) is 22.9. The molecule has 0 saturated carbocycles. The molecule has 10 nitrogen and oxygen atoms in total. The van der Waals surface area contributed by atoms with E-state index in [0.29, 0.717) is 62.8 Å². The highest BCUT2D eigenvalue weighted by molar-refractivity contribution is 5.80. The zero-order valence-electron chi connectivity index (χ0n) is 27.5. The van der Waals surface area contributed by atoms with Crippen LogP contribution >= 0.6 is 0 Å². The molecule has 0 saturated heterocycles. The summed E-state index contributed by atoms with van der Waals surface area (Å²) in [6.45, 7) is 10.1. The number of nitrogens with zero attached hydrogens (tertiary/aromatic N) is 3. The normalized spacial score (nSPS) is 11.3. The summed E-state index contributed by atoms with van der Waals surface area (Å²) in [5.41, 5.74) is 5.80. The fraction of sp³-hybridized carbons (Fsp3) is 0.351. The minimum absolute atomic E-state index is 0.0658. The molecule has 0 radical (unpaired) electrons. The van der Waals surface area contributed by atoms with Crippen molar-refractivity contribution in [2.45, 2.75) is 59.5 Å². The van der Waals surface area contributed by atoms with Crippen LogP contribution in [0.25, 0.3) is 28.2 Å². The Morgan fingerprint density at radius 3 is 2.13 bits per heavy atom. The molecule has 0 fully saturated rings. The quantitative estimate of drug-likeness (QED) is 0.136. The van der Waals surface area contributed by atoms with Gasteiger partial charge in [0.25, 0.3) is 5.56 Å². The minimum atomic E-state index is -0.602. The number of H-pyrrole nitrogens is 1. The number of aromatic amines is 1. The van der Waals surface area contributed by atoms with Crippen molar-refractivity contribution >= 4 is 0 Å². The Labute approximate surface area is 274 Å². The lowest BCUT2D eigenvalue weighted by molar-refractivity contribution is -0.000251. The number of hydrogen-bond donors (Lipinski definition) is 1. The molecular formula is C37H42N4O6. The van der Waals surface area contributed by atoms with E-state index in [2.05, 4.69) is 17.1 Å². The van der Waals surface area contributed by atoms with Crippen LogP contribution in [0.5, 0.6) is 5.75 Å². The van der Waals surface area contributed by atoms with Crippen LogP contribution in [0.4, 0.5) is 0 Å². The molecule has 0 spiro atoms. The highest BCUT2D eigenvalue weighted by atomic mass is 16.6. The Morgan fingerprint density at radius 2 is 1.53 bits per heavy atom. The second-order valence-corrected chi connectivity index (χ2v) is 11.1.